The third kappa shape index (κ3) is 3.81. The molecule has 0 unspecified atom stereocenters. The summed E-state index contributed by atoms with van der Waals surface area (Å²) >= 11 is 0. The van der Waals surface area contributed by atoms with E-state index in [9.17, 15) is 18.8 Å². The number of nitriles is 1. The quantitative estimate of drug-likeness (QED) is 0.438. The number of fused-ring (bicyclic) bond motifs is 1. The van der Waals surface area contributed by atoms with Crippen LogP contribution in [0.4, 0.5) is 8.78 Å². The van der Waals surface area contributed by atoms with Crippen LogP contribution in [0, 0.1) is 23.0 Å². The van der Waals surface area contributed by atoms with Gasteiger partial charge in [-0.15, -0.1) is 0 Å². The maximum Gasteiger partial charge on any atom is 0.258 e. The normalized spacial score (nSPS) is 12.5. The molecule has 0 saturated heterocycles. The molecule has 0 bridgehead atoms. The van der Waals surface area contributed by atoms with E-state index in [1.807, 2.05) is 42.6 Å². The highest BCUT2D eigenvalue weighted by Gasteiger charge is 2.32. The maximum atomic E-state index is 14.3. The van der Waals surface area contributed by atoms with E-state index >= 15 is 0 Å². The van der Waals surface area contributed by atoms with E-state index in [0.717, 1.165) is 23.4 Å². The number of hydrogen-bond donors (Lipinski definition) is 0. The zero-order valence-electron chi connectivity index (χ0n) is 17.2. The summed E-state index contributed by atoms with van der Waals surface area (Å²) in [6, 6.07) is 17.5. The van der Waals surface area contributed by atoms with Crippen LogP contribution in [-0.4, -0.2) is 20.6 Å². The smallest absolute Gasteiger partial charge is 0.258 e. The van der Waals surface area contributed by atoms with Gasteiger partial charge in [-0.05, 0) is 47.5 Å². The van der Waals surface area contributed by atoms with E-state index in [1.54, 1.807) is 15.8 Å². The molecule has 162 valence electrons. The summed E-state index contributed by atoms with van der Waals surface area (Å²) in [5.41, 5.74) is 2.33. The lowest BCUT2D eigenvalue weighted by Gasteiger charge is -2.16. The third-order valence-electron chi connectivity index (χ3n) is 5.39. The van der Waals surface area contributed by atoms with Crippen molar-refractivity contribution >= 4 is 5.91 Å². The highest BCUT2D eigenvalue weighted by molar-refractivity contribution is 6.01. The first kappa shape index (κ1) is 20.4. The van der Waals surface area contributed by atoms with Crippen molar-refractivity contribution in [3.63, 3.8) is 0 Å². The van der Waals surface area contributed by atoms with E-state index in [2.05, 4.69) is 5.10 Å². The molecule has 1 aliphatic heterocycles. The van der Waals surface area contributed by atoms with Crippen LogP contribution >= 0.6 is 0 Å². The average molecular weight is 442 g/mol. The van der Waals surface area contributed by atoms with E-state index in [4.69, 9.17) is 4.74 Å². The molecule has 0 fully saturated rings. The van der Waals surface area contributed by atoms with Crippen molar-refractivity contribution in [1.82, 2.24) is 14.7 Å². The number of aromatic nitrogens is 2. The van der Waals surface area contributed by atoms with Gasteiger partial charge in [0.25, 0.3) is 5.91 Å². The van der Waals surface area contributed by atoms with Crippen molar-refractivity contribution in [1.29, 1.82) is 5.26 Å². The van der Waals surface area contributed by atoms with Crippen LogP contribution in [0.25, 0.3) is 5.69 Å². The fourth-order valence-corrected chi connectivity index (χ4v) is 3.85. The van der Waals surface area contributed by atoms with Gasteiger partial charge in [-0.3, -0.25) is 4.79 Å². The van der Waals surface area contributed by atoms with Crippen LogP contribution < -0.4 is 4.74 Å². The number of para-hydroxylation sites is 1. The topological polar surface area (TPSA) is 71.2 Å². The van der Waals surface area contributed by atoms with Crippen molar-refractivity contribution in [3.8, 4) is 23.3 Å². The van der Waals surface area contributed by atoms with Crippen LogP contribution in [0.1, 0.15) is 27.0 Å². The predicted octanol–water partition coefficient (Wildman–Crippen LogP) is 4.97. The van der Waals surface area contributed by atoms with Crippen molar-refractivity contribution in [2.75, 3.05) is 0 Å². The third-order valence-corrected chi connectivity index (χ3v) is 5.39. The van der Waals surface area contributed by atoms with Crippen molar-refractivity contribution in [2.45, 2.75) is 13.1 Å². The summed E-state index contributed by atoms with van der Waals surface area (Å²) in [7, 11) is 0. The Morgan fingerprint density at radius 3 is 2.64 bits per heavy atom. The lowest BCUT2D eigenvalue weighted by Crippen LogP contribution is -2.23. The molecule has 0 spiro atoms. The Morgan fingerprint density at radius 2 is 1.91 bits per heavy atom. The number of carbonyl (C=O) groups excluding carboxylic acids is 1. The van der Waals surface area contributed by atoms with Crippen LogP contribution in [0.2, 0.25) is 0 Å². The van der Waals surface area contributed by atoms with E-state index in [-0.39, 0.29) is 35.1 Å². The highest BCUT2D eigenvalue weighted by Crippen LogP contribution is 2.37. The number of carbonyl (C=O) groups is 1. The van der Waals surface area contributed by atoms with Gasteiger partial charge >= 0.3 is 0 Å². The van der Waals surface area contributed by atoms with Crippen LogP contribution in [0.5, 0.6) is 11.5 Å². The zero-order chi connectivity index (χ0) is 22.9. The fourth-order valence-electron chi connectivity index (χ4n) is 3.85. The largest absolute Gasteiger partial charge is 0.452 e. The molecule has 33 heavy (non-hydrogen) atoms. The first-order valence-electron chi connectivity index (χ1n) is 10.1. The lowest BCUT2D eigenvalue weighted by molar-refractivity contribution is 0.0764. The van der Waals surface area contributed by atoms with E-state index in [0.29, 0.717) is 12.1 Å². The molecule has 3 aromatic carbocycles. The Balaban J connectivity index is 1.42. The zero-order valence-corrected chi connectivity index (χ0v) is 17.2. The second-order valence-electron chi connectivity index (χ2n) is 7.55. The van der Waals surface area contributed by atoms with Gasteiger partial charge in [0.2, 0.25) is 0 Å². The second-order valence-corrected chi connectivity index (χ2v) is 7.55. The number of halogens is 2. The fraction of sp³-hybridized carbons (Fsp3) is 0.0800. The molecule has 4 aromatic rings. The molecule has 2 heterocycles. The minimum atomic E-state index is -0.772. The van der Waals surface area contributed by atoms with E-state index in [1.165, 1.54) is 18.2 Å². The predicted molar refractivity (Wildman–Crippen MR) is 115 cm³/mol. The van der Waals surface area contributed by atoms with Gasteiger partial charge in [-0.2, -0.15) is 10.4 Å². The summed E-state index contributed by atoms with van der Waals surface area (Å²) in [6.07, 6.45) is 3.52. The summed E-state index contributed by atoms with van der Waals surface area (Å²) in [6.45, 7) is 0.489. The molecule has 6 nitrogen and oxygen atoms in total. The Labute approximate surface area is 187 Å². The summed E-state index contributed by atoms with van der Waals surface area (Å²) in [4.78, 5) is 14.7. The SMILES string of the molecule is N#Cc1cccc(F)c1Oc1cc(F)cc2c1C(=O)N(Cc1ccc(-n3cccn3)cc1)C2. The van der Waals surface area contributed by atoms with Crippen molar-refractivity contribution < 1.29 is 18.3 Å². The number of hydrogen-bond acceptors (Lipinski definition) is 4. The van der Waals surface area contributed by atoms with Crippen molar-refractivity contribution in [3.05, 3.63) is 107 Å². The van der Waals surface area contributed by atoms with Gasteiger partial charge in [0, 0.05) is 31.5 Å². The molecule has 0 atom stereocenters. The van der Waals surface area contributed by atoms with Crippen LogP contribution in [0.15, 0.2) is 73.1 Å². The van der Waals surface area contributed by atoms with Crippen LogP contribution in [0.3, 0.4) is 0 Å². The monoisotopic (exact) mass is 442 g/mol. The first-order chi connectivity index (χ1) is 16.0. The molecule has 1 amide bonds. The van der Waals surface area contributed by atoms with Gasteiger partial charge in [0.1, 0.15) is 17.6 Å². The molecular weight excluding hydrogens is 426 g/mol. The van der Waals surface area contributed by atoms with Gasteiger partial charge in [-0.1, -0.05) is 18.2 Å². The first-order valence-corrected chi connectivity index (χ1v) is 10.1. The van der Waals surface area contributed by atoms with Gasteiger partial charge in [-0.25, -0.2) is 13.5 Å². The average Bonchev–Trinajstić information content (AvgIpc) is 3.44. The number of amides is 1. The van der Waals surface area contributed by atoms with E-state index < -0.39 is 11.6 Å². The summed E-state index contributed by atoms with van der Waals surface area (Å²) in [5, 5.41) is 13.4. The molecule has 0 saturated carbocycles. The number of nitrogens with zero attached hydrogens (tertiary/aromatic N) is 4. The van der Waals surface area contributed by atoms with Crippen LogP contribution in [-0.2, 0) is 13.1 Å². The summed E-state index contributed by atoms with van der Waals surface area (Å²) < 4.78 is 35.9. The molecule has 1 aromatic heterocycles. The molecule has 5 rings (SSSR count). The molecule has 8 heteroatoms. The molecule has 0 aliphatic carbocycles. The molecule has 0 radical (unpaired) electrons. The maximum absolute atomic E-state index is 14.3. The number of rotatable bonds is 5. The summed E-state index contributed by atoms with van der Waals surface area (Å²) in [5.74, 6) is -2.20. The molecule has 0 N–H and O–H groups in total. The Hall–Kier alpha value is -4.51. The number of benzene rings is 3. The Bertz CT molecular complexity index is 1390. The molecular formula is C25H16F2N4O2. The Morgan fingerprint density at radius 1 is 1.09 bits per heavy atom. The highest BCUT2D eigenvalue weighted by atomic mass is 19.1. The minimum Gasteiger partial charge on any atom is -0.452 e. The van der Waals surface area contributed by atoms with Crippen molar-refractivity contribution in [2.24, 2.45) is 0 Å². The van der Waals surface area contributed by atoms with Gasteiger partial charge in [0.15, 0.2) is 11.6 Å². The van der Waals surface area contributed by atoms with Gasteiger partial charge < -0.3 is 9.64 Å². The lowest BCUT2D eigenvalue weighted by atomic mass is 10.1. The second kappa shape index (κ2) is 8.20. The number of ether oxygens (including phenoxy) is 1. The molecule has 1 aliphatic rings. The van der Waals surface area contributed by atoms with Gasteiger partial charge in [0.05, 0.1) is 16.8 Å². The Kier molecular flexibility index (Phi) is 5.07. The minimum absolute atomic E-state index is 0.0485. The standard InChI is InChI=1S/C25H16F2N4O2/c26-19-11-18-15-30(14-16-5-7-20(8-6-16)31-10-2-9-29-31)25(32)23(18)22(12-19)33-24-17(13-28)3-1-4-21(24)27/h1-12H,14-15H2.